The molecule has 0 unspecified atom stereocenters. The minimum absolute atomic E-state index is 0.0848. The number of aromatic nitrogens is 1. The number of nitrogens with one attached hydrogen (secondary N) is 1. The predicted molar refractivity (Wildman–Crippen MR) is 68.2 cm³/mol. The molecular weight excluding hydrogens is 232 g/mol. The van der Waals surface area contributed by atoms with E-state index in [9.17, 15) is 4.79 Å². The highest BCUT2D eigenvalue weighted by atomic mass is 16.5. The van der Waals surface area contributed by atoms with Gasteiger partial charge in [0.25, 0.3) is 5.91 Å². The van der Waals surface area contributed by atoms with Crippen LogP contribution in [0, 0.1) is 0 Å². The van der Waals surface area contributed by atoms with E-state index in [0.717, 1.165) is 5.56 Å². The van der Waals surface area contributed by atoms with E-state index in [-0.39, 0.29) is 24.7 Å². The van der Waals surface area contributed by atoms with E-state index < -0.39 is 0 Å². The fraction of sp³-hybridized carbons (Fsp3) is 0.538. The Hall–Kier alpha value is -1.46. The number of pyridine rings is 1. The average Bonchev–Trinajstić information content (AvgIpc) is 2.33. The highest BCUT2D eigenvalue weighted by molar-refractivity contribution is 5.92. The molecule has 1 aromatic heterocycles. The van der Waals surface area contributed by atoms with Gasteiger partial charge in [0.1, 0.15) is 5.69 Å². The number of hydrogen-bond acceptors (Lipinski definition) is 4. The van der Waals surface area contributed by atoms with Gasteiger partial charge in [-0.1, -0.05) is 0 Å². The monoisotopic (exact) mass is 252 g/mol. The Balaban J connectivity index is 2.64. The Morgan fingerprint density at radius 3 is 2.83 bits per heavy atom. The minimum Gasteiger partial charge on any atom is -0.395 e. The lowest BCUT2D eigenvalue weighted by Crippen LogP contribution is -2.27. The summed E-state index contributed by atoms with van der Waals surface area (Å²) in [5, 5.41) is 11.2. The molecule has 5 nitrogen and oxygen atoms in total. The summed E-state index contributed by atoms with van der Waals surface area (Å²) in [6.45, 7) is 6.50. The number of carbonyl (C=O) groups excluding carboxylic acids is 1. The molecule has 0 aromatic carbocycles. The number of aliphatic hydroxyl groups is 1. The van der Waals surface area contributed by atoms with E-state index in [2.05, 4.69) is 10.3 Å². The maximum absolute atomic E-state index is 11.6. The molecule has 0 aliphatic heterocycles. The van der Waals surface area contributed by atoms with Crippen LogP contribution in [0.25, 0.3) is 0 Å². The van der Waals surface area contributed by atoms with Gasteiger partial charge in [-0.05, 0) is 38.5 Å². The lowest BCUT2D eigenvalue weighted by atomic mass is 10.2. The van der Waals surface area contributed by atoms with Crippen LogP contribution in [0.4, 0.5) is 0 Å². The van der Waals surface area contributed by atoms with Gasteiger partial charge in [-0.25, -0.2) is 0 Å². The van der Waals surface area contributed by atoms with Crippen LogP contribution in [0.3, 0.4) is 0 Å². The molecule has 0 radical (unpaired) electrons. The van der Waals surface area contributed by atoms with Crippen LogP contribution in [0.15, 0.2) is 18.3 Å². The lowest BCUT2D eigenvalue weighted by Gasteiger charge is -2.19. The molecule has 0 aliphatic rings. The van der Waals surface area contributed by atoms with Gasteiger partial charge < -0.3 is 15.2 Å². The summed E-state index contributed by atoms with van der Waals surface area (Å²) in [7, 11) is 0. The largest absolute Gasteiger partial charge is 0.395 e. The molecule has 5 heteroatoms. The summed E-state index contributed by atoms with van der Waals surface area (Å²) in [5.41, 5.74) is 1.01. The summed E-state index contributed by atoms with van der Waals surface area (Å²) in [5.74, 6) is -0.290. The third-order valence-corrected chi connectivity index (χ3v) is 2.13. The molecule has 1 heterocycles. The van der Waals surface area contributed by atoms with Gasteiger partial charge in [0.2, 0.25) is 0 Å². The van der Waals surface area contributed by atoms with Crippen molar-refractivity contribution in [2.24, 2.45) is 0 Å². The molecule has 1 aromatic rings. The first kappa shape index (κ1) is 14.6. The SMILES string of the molecule is CC(C)(C)OCc1ccnc(C(=O)NCCO)c1. The quantitative estimate of drug-likeness (QED) is 0.823. The van der Waals surface area contributed by atoms with Crippen molar-refractivity contribution in [2.45, 2.75) is 33.0 Å². The second-order valence-electron chi connectivity index (χ2n) is 4.93. The molecule has 0 atom stereocenters. The third-order valence-electron chi connectivity index (χ3n) is 2.13. The topological polar surface area (TPSA) is 71.5 Å². The fourth-order valence-corrected chi connectivity index (χ4v) is 1.25. The van der Waals surface area contributed by atoms with Gasteiger partial charge in [0, 0.05) is 12.7 Å². The first-order valence-electron chi connectivity index (χ1n) is 5.90. The molecule has 1 rings (SSSR count). The summed E-state index contributed by atoms with van der Waals surface area (Å²) in [4.78, 5) is 15.6. The molecular formula is C13H20N2O3. The molecule has 18 heavy (non-hydrogen) atoms. The molecule has 0 saturated carbocycles. The Morgan fingerprint density at radius 1 is 1.50 bits per heavy atom. The summed E-state index contributed by atoms with van der Waals surface area (Å²) >= 11 is 0. The summed E-state index contributed by atoms with van der Waals surface area (Å²) < 4.78 is 5.63. The first-order valence-corrected chi connectivity index (χ1v) is 5.90. The van der Waals surface area contributed by atoms with Crippen LogP contribution in [0.2, 0.25) is 0 Å². The van der Waals surface area contributed by atoms with Gasteiger partial charge >= 0.3 is 0 Å². The van der Waals surface area contributed by atoms with Gasteiger partial charge in [0.15, 0.2) is 0 Å². The lowest BCUT2D eigenvalue weighted by molar-refractivity contribution is -0.0150. The van der Waals surface area contributed by atoms with Crippen molar-refractivity contribution in [3.8, 4) is 0 Å². The van der Waals surface area contributed by atoms with E-state index in [1.54, 1.807) is 12.3 Å². The molecule has 0 saturated heterocycles. The molecule has 0 bridgehead atoms. The molecule has 2 N–H and O–H groups in total. The smallest absolute Gasteiger partial charge is 0.269 e. The zero-order valence-electron chi connectivity index (χ0n) is 11.1. The number of ether oxygens (including phenoxy) is 1. The van der Waals surface area contributed by atoms with Crippen LogP contribution < -0.4 is 5.32 Å². The Kier molecular flexibility index (Phi) is 5.25. The number of aliphatic hydroxyl groups excluding tert-OH is 1. The maximum Gasteiger partial charge on any atom is 0.269 e. The van der Waals surface area contributed by atoms with E-state index >= 15 is 0 Å². The van der Waals surface area contributed by atoms with Gasteiger partial charge in [-0.2, -0.15) is 0 Å². The van der Waals surface area contributed by atoms with E-state index in [0.29, 0.717) is 12.3 Å². The van der Waals surface area contributed by atoms with Gasteiger partial charge in [-0.15, -0.1) is 0 Å². The molecule has 0 fully saturated rings. The van der Waals surface area contributed by atoms with Crippen molar-refractivity contribution >= 4 is 5.91 Å². The van der Waals surface area contributed by atoms with Crippen LogP contribution in [-0.4, -0.2) is 34.8 Å². The molecule has 1 amide bonds. The highest BCUT2D eigenvalue weighted by Gasteiger charge is 2.11. The normalized spacial score (nSPS) is 11.3. The van der Waals surface area contributed by atoms with Crippen molar-refractivity contribution in [3.05, 3.63) is 29.6 Å². The Bertz CT molecular complexity index is 399. The molecule has 0 spiro atoms. The van der Waals surface area contributed by atoms with Crippen molar-refractivity contribution < 1.29 is 14.6 Å². The standard InChI is InChI=1S/C13H20N2O3/c1-13(2,3)18-9-10-4-5-14-11(8-10)12(17)15-6-7-16/h4-5,8,16H,6-7,9H2,1-3H3,(H,15,17). The minimum atomic E-state index is -0.290. The average molecular weight is 252 g/mol. The van der Waals surface area contributed by atoms with Crippen molar-refractivity contribution in [1.82, 2.24) is 10.3 Å². The number of carbonyl (C=O) groups is 1. The van der Waals surface area contributed by atoms with Crippen LogP contribution in [0.5, 0.6) is 0 Å². The zero-order valence-corrected chi connectivity index (χ0v) is 11.1. The fourth-order valence-electron chi connectivity index (χ4n) is 1.25. The number of nitrogens with zero attached hydrogens (tertiary/aromatic N) is 1. The number of amides is 1. The molecule has 100 valence electrons. The number of hydrogen-bond donors (Lipinski definition) is 2. The van der Waals surface area contributed by atoms with Gasteiger partial charge in [-0.3, -0.25) is 9.78 Å². The van der Waals surface area contributed by atoms with Crippen molar-refractivity contribution in [2.75, 3.05) is 13.2 Å². The van der Waals surface area contributed by atoms with E-state index in [4.69, 9.17) is 9.84 Å². The predicted octanol–water partition coefficient (Wildman–Crippen LogP) is 1.12. The van der Waals surface area contributed by atoms with Crippen molar-refractivity contribution in [1.29, 1.82) is 0 Å². The Morgan fingerprint density at radius 2 is 2.22 bits per heavy atom. The van der Waals surface area contributed by atoms with Crippen LogP contribution in [0.1, 0.15) is 36.8 Å². The van der Waals surface area contributed by atoms with E-state index in [1.807, 2.05) is 26.8 Å². The second-order valence-corrected chi connectivity index (χ2v) is 4.93. The van der Waals surface area contributed by atoms with Crippen LogP contribution >= 0.6 is 0 Å². The van der Waals surface area contributed by atoms with E-state index in [1.165, 1.54) is 0 Å². The highest BCUT2D eigenvalue weighted by Crippen LogP contribution is 2.12. The van der Waals surface area contributed by atoms with Gasteiger partial charge in [0.05, 0.1) is 18.8 Å². The first-order chi connectivity index (χ1) is 8.42. The Labute approximate surface area is 107 Å². The summed E-state index contributed by atoms with van der Waals surface area (Å²) in [6, 6.07) is 3.51. The third kappa shape index (κ3) is 5.25. The number of rotatable bonds is 5. The maximum atomic E-state index is 11.6. The molecule has 0 aliphatic carbocycles. The van der Waals surface area contributed by atoms with Crippen molar-refractivity contribution in [3.63, 3.8) is 0 Å². The summed E-state index contributed by atoms with van der Waals surface area (Å²) in [6.07, 6.45) is 1.58. The van der Waals surface area contributed by atoms with Crippen LogP contribution in [-0.2, 0) is 11.3 Å². The zero-order chi connectivity index (χ0) is 13.6. The second kappa shape index (κ2) is 6.47.